The summed E-state index contributed by atoms with van der Waals surface area (Å²) in [7, 11) is 1.67. The molecule has 0 atom stereocenters. The fourth-order valence-electron chi connectivity index (χ4n) is 3.22. The minimum Gasteiger partial charge on any atom is -0.493 e. The van der Waals surface area contributed by atoms with E-state index >= 15 is 0 Å². The zero-order chi connectivity index (χ0) is 23.0. The molecule has 0 radical (unpaired) electrons. The summed E-state index contributed by atoms with van der Waals surface area (Å²) in [4.78, 5) is 0. The number of rotatable bonds is 9. The van der Waals surface area contributed by atoms with E-state index in [1.165, 1.54) is 0 Å². The molecule has 1 N–H and O–H groups in total. The molecule has 6 heteroatoms. The Bertz CT molecular complexity index is 1180. The molecule has 0 heterocycles. The molecule has 4 nitrogen and oxygen atoms in total. The predicted octanol–water partition coefficient (Wildman–Crippen LogP) is 8.05. The Balaban J connectivity index is 1.38. The van der Waals surface area contributed by atoms with Crippen LogP contribution in [0.5, 0.6) is 23.0 Å². The standard InChI is InChI=1S/C27H23BrINO3/c1-31-26-16-20(15-25(29)27(26)32-18-19-7-9-21(28)10-8-19)17-30-22-11-13-24(14-12-22)33-23-5-3-2-4-6-23/h2-16,30H,17-18H2,1H3. The van der Waals surface area contributed by atoms with Crippen molar-refractivity contribution in [2.45, 2.75) is 13.2 Å². The number of anilines is 1. The highest BCUT2D eigenvalue weighted by Gasteiger charge is 2.12. The molecule has 0 spiro atoms. The summed E-state index contributed by atoms with van der Waals surface area (Å²) in [5, 5.41) is 3.45. The number of hydrogen-bond donors (Lipinski definition) is 1. The van der Waals surface area contributed by atoms with Crippen LogP contribution in [-0.4, -0.2) is 7.11 Å². The van der Waals surface area contributed by atoms with Crippen LogP contribution in [0, 0.1) is 3.57 Å². The van der Waals surface area contributed by atoms with Gasteiger partial charge in [-0.05, 0) is 94.4 Å². The van der Waals surface area contributed by atoms with Crippen molar-refractivity contribution >= 4 is 44.2 Å². The van der Waals surface area contributed by atoms with Crippen LogP contribution < -0.4 is 19.5 Å². The monoisotopic (exact) mass is 615 g/mol. The summed E-state index contributed by atoms with van der Waals surface area (Å²) in [6.45, 7) is 1.15. The molecule has 0 bridgehead atoms. The first kappa shape index (κ1) is 23.4. The first-order valence-corrected chi connectivity index (χ1v) is 12.3. The second-order valence-corrected chi connectivity index (χ2v) is 9.40. The molecule has 4 rings (SSSR count). The van der Waals surface area contributed by atoms with Crippen LogP contribution in [0.3, 0.4) is 0 Å². The summed E-state index contributed by atoms with van der Waals surface area (Å²) in [6.07, 6.45) is 0. The number of halogens is 2. The fraction of sp³-hybridized carbons (Fsp3) is 0.111. The minimum atomic E-state index is 0.481. The molecular weight excluding hydrogens is 593 g/mol. The third-order valence-electron chi connectivity index (χ3n) is 4.92. The summed E-state index contributed by atoms with van der Waals surface area (Å²) in [6, 6.07) is 29.9. The van der Waals surface area contributed by atoms with E-state index < -0.39 is 0 Å². The molecule has 33 heavy (non-hydrogen) atoms. The van der Waals surface area contributed by atoms with Crippen LogP contribution in [0.2, 0.25) is 0 Å². The smallest absolute Gasteiger partial charge is 0.174 e. The number of nitrogens with one attached hydrogen (secondary N) is 1. The van der Waals surface area contributed by atoms with Gasteiger partial charge in [-0.15, -0.1) is 0 Å². The molecule has 4 aromatic rings. The van der Waals surface area contributed by atoms with E-state index in [0.29, 0.717) is 13.2 Å². The molecule has 168 valence electrons. The highest BCUT2D eigenvalue weighted by atomic mass is 127. The molecule has 4 aromatic carbocycles. The van der Waals surface area contributed by atoms with E-state index in [1.54, 1.807) is 7.11 Å². The number of para-hydroxylation sites is 1. The van der Waals surface area contributed by atoms with Gasteiger partial charge in [0.25, 0.3) is 0 Å². The Hall–Kier alpha value is -2.71. The van der Waals surface area contributed by atoms with Crippen LogP contribution in [0.1, 0.15) is 11.1 Å². The van der Waals surface area contributed by atoms with Gasteiger partial charge in [0.1, 0.15) is 18.1 Å². The van der Waals surface area contributed by atoms with Gasteiger partial charge in [0.2, 0.25) is 0 Å². The van der Waals surface area contributed by atoms with Gasteiger partial charge in [-0.3, -0.25) is 0 Å². The lowest BCUT2D eigenvalue weighted by molar-refractivity contribution is 0.282. The molecule has 0 aromatic heterocycles. The van der Waals surface area contributed by atoms with E-state index in [0.717, 1.165) is 47.9 Å². The predicted molar refractivity (Wildman–Crippen MR) is 144 cm³/mol. The van der Waals surface area contributed by atoms with E-state index in [2.05, 4.69) is 49.9 Å². The number of ether oxygens (including phenoxy) is 3. The molecule has 0 aliphatic carbocycles. The van der Waals surface area contributed by atoms with Crippen molar-refractivity contribution in [3.63, 3.8) is 0 Å². The third-order valence-corrected chi connectivity index (χ3v) is 6.25. The van der Waals surface area contributed by atoms with Crippen molar-refractivity contribution in [3.05, 3.63) is 110 Å². The number of methoxy groups -OCH3 is 1. The average molecular weight is 616 g/mol. The Morgan fingerprint density at radius 3 is 2.21 bits per heavy atom. The van der Waals surface area contributed by atoms with E-state index in [-0.39, 0.29) is 0 Å². The first-order chi connectivity index (χ1) is 16.1. The molecule has 0 aliphatic heterocycles. The molecule has 0 saturated carbocycles. The molecule has 0 saturated heterocycles. The van der Waals surface area contributed by atoms with Crippen molar-refractivity contribution < 1.29 is 14.2 Å². The van der Waals surface area contributed by atoms with Crippen molar-refractivity contribution in [2.24, 2.45) is 0 Å². The summed E-state index contributed by atoms with van der Waals surface area (Å²) in [5.74, 6) is 3.10. The van der Waals surface area contributed by atoms with E-state index in [9.17, 15) is 0 Å². The summed E-state index contributed by atoms with van der Waals surface area (Å²) >= 11 is 5.75. The maximum Gasteiger partial charge on any atom is 0.174 e. The second-order valence-electron chi connectivity index (χ2n) is 7.32. The molecule has 0 amide bonds. The van der Waals surface area contributed by atoms with Gasteiger partial charge in [-0.1, -0.05) is 46.3 Å². The minimum absolute atomic E-state index is 0.481. The zero-order valence-corrected chi connectivity index (χ0v) is 21.8. The van der Waals surface area contributed by atoms with Crippen molar-refractivity contribution in [1.29, 1.82) is 0 Å². The van der Waals surface area contributed by atoms with Crippen LogP contribution in [0.25, 0.3) is 0 Å². The SMILES string of the molecule is COc1cc(CNc2ccc(Oc3ccccc3)cc2)cc(I)c1OCc1ccc(Br)cc1. The highest BCUT2D eigenvalue weighted by Crippen LogP contribution is 2.35. The number of benzene rings is 4. The lowest BCUT2D eigenvalue weighted by Crippen LogP contribution is -2.03. The van der Waals surface area contributed by atoms with Crippen molar-refractivity contribution in [2.75, 3.05) is 12.4 Å². The Labute approximate surface area is 216 Å². The molecule has 0 fully saturated rings. The zero-order valence-electron chi connectivity index (χ0n) is 18.1. The van der Waals surface area contributed by atoms with Crippen LogP contribution in [0.4, 0.5) is 5.69 Å². The molecule has 0 unspecified atom stereocenters. The maximum absolute atomic E-state index is 6.08. The average Bonchev–Trinajstić information content (AvgIpc) is 2.84. The number of hydrogen-bond acceptors (Lipinski definition) is 4. The van der Waals surface area contributed by atoms with Crippen LogP contribution >= 0.6 is 38.5 Å². The highest BCUT2D eigenvalue weighted by molar-refractivity contribution is 14.1. The first-order valence-electron chi connectivity index (χ1n) is 10.4. The molecular formula is C27H23BrINO3. The van der Waals surface area contributed by atoms with Gasteiger partial charge >= 0.3 is 0 Å². The van der Waals surface area contributed by atoms with Gasteiger partial charge in [-0.2, -0.15) is 0 Å². The van der Waals surface area contributed by atoms with Crippen molar-refractivity contribution in [1.82, 2.24) is 0 Å². The Kier molecular flexibility index (Phi) is 8.12. The van der Waals surface area contributed by atoms with Gasteiger partial charge in [0.05, 0.1) is 10.7 Å². The lowest BCUT2D eigenvalue weighted by Gasteiger charge is -2.15. The van der Waals surface area contributed by atoms with Crippen LogP contribution in [-0.2, 0) is 13.2 Å². The second kappa shape index (κ2) is 11.4. The molecule has 0 aliphatic rings. The maximum atomic E-state index is 6.08. The van der Waals surface area contributed by atoms with Gasteiger partial charge in [0, 0.05) is 16.7 Å². The Morgan fingerprint density at radius 1 is 0.818 bits per heavy atom. The Morgan fingerprint density at radius 2 is 1.52 bits per heavy atom. The quantitative estimate of drug-likeness (QED) is 0.193. The fourth-order valence-corrected chi connectivity index (χ4v) is 4.31. The van der Waals surface area contributed by atoms with Gasteiger partial charge < -0.3 is 19.5 Å². The van der Waals surface area contributed by atoms with Gasteiger partial charge in [-0.25, -0.2) is 0 Å². The summed E-state index contributed by atoms with van der Waals surface area (Å²) in [5.41, 5.74) is 3.22. The van der Waals surface area contributed by atoms with Gasteiger partial charge in [0.15, 0.2) is 11.5 Å². The van der Waals surface area contributed by atoms with E-state index in [4.69, 9.17) is 14.2 Å². The lowest BCUT2D eigenvalue weighted by atomic mass is 10.2. The summed E-state index contributed by atoms with van der Waals surface area (Å²) < 4.78 is 19.6. The van der Waals surface area contributed by atoms with E-state index in [1.807, 2.05) is 84.9 Å². The third kappa shape index (κ3) is 6.65. The topological polar surface area (TPSA) is 39.7 Å². The normalized spacial score (nSPS) is 10.5. The van der Waals surface area contributed by atoms with Crippen LogP contribution in [0.15, 0.2) is 95.5 Å². The van der Waals surface area contributed by atoms with Crippen molar-refractivity contribution in [3.8, 4) is 23.0 Å². The largest absolute Gasteiger partial charge is 0.493 e.